The Balaban J connectivity index is 4.31. The van der Waals surface area contributed by atoms with E-state index >= 15 is 0 Å². The van der Waals surface area contributed by atoms with Gasteiger partial charge in [0, 0.05) is 19.3 Å². The fourth-order valence-electron chi connectivity index (χ4n) is 7.15. The van der Waals surface area contributed by atoms with E-state index in [2.05, 4.69) is 45.1 Å². The quantitative estimate of drug-likeness (QED) is 0.0264. The zero-order valence-corrected chi connectivity index (χ0v) is 38.1. The molecule has 6 nitrogen and oxygen atoms in total. The molecule has 0 aromatic rings. The fourth-order valence-corrected chi connectivity index (χ4v) is 7.15. The topological polar surface area (TPSA) is 78.9 Å². The molecule has 0 bridgehead atoms. The van der Waals surface area contributed by atoms with Gasteiger partial charge in [-0.2, -0.15) is 0 Å². The molecule has 0 aliphatic heterocycles. The van der Waals surface area contributed by atoms with Crippen molar-refractivity contribution in [3.8, 4) is 0 Å². The summed E-state index contributed by atoms with van der Waals surface area (Å²) >= 11 is 0. The molecule has 0 radical (unpaired) electrons. The molecule has 0 N–H and O–H groups in total. The summed E-state index contributed by atoms with van der Waals surface area (Å²) in [5, 5.41) is 0. The summed E-state index contributed by atoms with van der Waals surface area (Å²) < 4.78 is 16.7. The van der Waals surface area contributed by atoms with Crippen LogP contribution in [0, 0.1) is 0 Å². The number of carbonyl (C=O) groups excluding carboxylic acids is 3. The van der Waals surface area contributed by atoms with Crippen molar-refractivity contribution in [3.63, 3.8) is 0 Å². The van der Waals surface area contributed by atoms with Crippen LogP contribution in [0.5, 0.6) is 0 Å². The number of carbonyl (C=O) groups is 3. The number of unbranched alkanes of at least 4 members (excludes halogenated alkanes) is 30. The summed E-state index contributed by atoms with van der Waals surface area (Å²) in [6.07, 6.45) is 51.7. The van der Waals surface area contributed by atoms with E-state index in [9.17, 15) is 14.4 Å². The highest BCUT2D eigenvalue weighted by Crippen LogP contribution is 2.15. The SMILES string of the molecule is CCCCCC/C=C\CCCC(=O)OCC(COC(=O)CCCCCCCCC/C=C\CCCCCCCC)OC(=O)CCCCCCCCCCCCCCC. The van der Waals surface area contributed by atoms with Crippen molar-refractivity contribution < 1.29 is 28.6 Å². The first-order chi connectivity index (χ1) is 28.0. The maximum Gasteiger partial charge on any atom is 0.306 e. The zero-order chi connectivity index (χ0) is 41.5. The van der Waals surface area contributed by atoms with Gasteiger partial charge in [0.15, 0.2) is 6.10 Å². The van der Waals surface area contributed by atoms with Crippen LogP contribution in [0.2, 0.25) is 0 Å². The van der Waals surface area contributed by atoms with Gasteiger partial charge in [0.25, 0.3) is 0 Å². The minimum Gasteiger partial charge on any atom is -0.462 e. The second-order valence-electron chi connectivity index (χ2n) is 16.7. The van der Waals surface area contributed by atoms with Crippen LogP contribution in [0.25, 0.3) is 0 Å². The molecule has 0 saturated heterocycles. The molecule has 0 fully saturated rings. The number of allylic oxidation sites excluding steroid dienone is 4. The van der Waals surface area contributed by atoms with Crippen molar-refractivity contribution in [3.05, 3.63) is 24.3 Å². The maximum atomic E-state index is 12.7. The average Bonchev–Trinajstić information content (AvgIpc) is 3.21. The summed E-state index contributed by atoms with van der Waals surface area (Å²) in [4.78, 5) is 37.8. The van der Waals surface area contributed by atoms with Crippen LogP contribution in [0.1, 0.15) is 265 Å². The van der Waals surface area contributed by atoms with E-state index in [1.807, 2.05) is 0 Å². The second kappa shape index (κ2) is 46.6. The Morgan fingerprint density at radius 1 is 0.333 bits per heavy atom. The Kier molecular flexibility index (Phi) is 44.9. The summed E-state index contributed by atoms with van der Waals surface area (Å²) in [6, 6.07) is 0. The van der Waals surface area contributed by atoms with Gasteiger partial charge in [-0.25, -0.2) is 0 Å². The van der Waals surface area contributed by atoms with Gasteiger partial charge in [0.05, 0.1) is 0 Å². The summed E-state index contributed by atoms with van der Waals surface area (Å²) in [6.45, 7) is 6.59. The van der Waals surface area contributed by atoms with Crippen molar-refractivity contribution in [1.29, 1.82) is 0 Å². The fraction of sp³-hybridized carbons (Fsp3) is 0.863. The van der Waals surface area contributed by atoms with E-state index in [-0.39, 0.29) is 31.1 Å². The van der Waals surface area contributed by atoms with Crippen LogP contribution in [-0.2, 0) is 28.6 Å². The molecule has 0 rings (SSSR count). The first-order valence-corrected chi connectivity index (χ1v) is 24.8. The van der Waals surface area contributed by atoms with E-state index in [1.54, 1.807) is 0 Å². The molecule has 1 atom stereocenters. The van der Waals surface area contributed by atoms with Crippen molar-refractivity contribution in [2.45, 2.75) is 271 Å². The van der Waals surface area contributed by atoms with Gasteiger partial charge >= 0.3 is 17.9 Å². The van der Waals surface area contributed by atoms with Gasteiger partial charge in [-0.05, 0) is 64.2 Å². The highest BCUT2D eigenvalue weighted by atomic mass is 16.6. The van der Waals surface area contributed by atoms with Crippen molar-refractivity contribution in [2.24, 2.45) is 0 Å². The monoisotopic (exact) mass is 803 g/mol. The van der Waals surface area contributed by atoms with Gasteiger partial charge in [-0.15, -0.1) is 0 Å². The van der Waals surface area contributed by atoms with Crippen molar-refractivity contribution >= 4 is 17.9 Å². The lowest BCUT2D eigenvalue weighted by Gasteiger charge is -2.18. The molecule has 57 heavy (non-hydrogen) atoms. The Labute approximate surface area is 353 Å². The lowest BCUT2D eigenvalue weighted by Crippen LogP contribution is -2.30. The first kappa shape index (κ1) is 54.9. The molecule has 1 unspecified atom stereocenters. The van der Waals surface area contributed by atoms with Crippen LogP contribution < -0.4 is 0 Å². The number of hydrogen-bond acceptors (Lipinski definition) is 6. The Hall–Kier alpha value is -2.11. The Bertz CT molecular complexity index is 927. The van der Waals surface area contributed by atoms with Crippen LogP contribution >= 0.6 is 0 Å². The van der Waals surface area contributed by atoms with Gasteiger partial charge in [0.1, 0.15) is 13.2 Å². The van der Waals surface area contributed by atoms with Crippen LogP contribution in [0.3, 0.4) is 0 Å². The highest BCUT2D eigenvalue weighted by molar-refractivity contribution is 5.71. The number of ether oxygens (including phenoxy) is 3. The van der Waals surface area contributed by atoms with Crippen molar-refractivity contribution in [2.75, 3.05) is 13.2 Å². The summed E-state index contributed by atoms with van der Waals surface area (Å²) in [7, 11) is 0. The molecule has 0 aliphatic rings. The third-order valence-corrected chi connectivity index (χ3v) is 10.9. The van der Waals surface area contributed by atoms with Crippen molar-refractivity contribution in [1.82, 2.24) is 0 Å². The predicted molar refractivity (Wildman–Crippen MR) is 243 cm³/mol. The third-order valence-electron chi connectivity index (χ3n) is 10.9. The van der Waals surface area contributed by atoms with Gasteiger partial charge in [-0.3, -0.25) is 14.4 Å². The van der Waals surface area contributed by atoms with E-state index < -0.39 is 6.10 Å². The molecule has 6 heteroatoms. The molecule has 0 aliphatic carbocycles. The molecule has 0 aromatic carbocycles. The molecule has 0 spiro atoms. The molecular weight excluding hydrogens is 709 g/mol. The largest absolute Gasteiger partial charge is 0.462 e. The van der Waals surface area contributed by atoms with E-state index in [0.29, 0.717) is 19.3 Å². The van der Waals surface area contributed by atoms with E-state index in [0.717, 1.165) is 57.8 Å². The summed E-state index contributed by atoms with van der Waals surface area (Å²) in [5.74, 6) is -0.910. The average molecular weight is 803 g/mol. The van der Waals surface area contributed by atoms with Gasteiger partial charge < -0.3 is 14.2 Å². The van der Waals surface area contributed by atoms with E-state index in [1.165, 1.54) is 167 Å². The normalized spacial score (nSPS) is 12.1. The molecule has 0 heterocycles. The van der Waals surface area contributed by atoms with E-state index in [4.69, 9.17) is 14.2 Å². The third kappa shape index (κ3) is 44.8. The molecule has 334 valence electrons. The standard InChI is InChI=1S/C51H94O6/c1-4-7-10-13-16-19-21-23-24-25-26-28-29-32-35-38-41-44-50(53)56-47-48(46-55-49(52)43-40-37-34-31-18-15-12-9-6-3)57-51(54)45-42-39-36-33-30-27-22-20-17-14-11-8-5-2/h23-24,31,34,48H,4-22,25-30,32-33,35-47H2,1-3H3/b24-23-,34-31-. The van der Waals surface area contributed by atoms with Crippen LogP contribution in [-0.4, -0.2) is 37.2 Å². The lowest BCUT2D eigenvalue weighted by molar-refractivity contribution is -0.167. The molecule has 0 saturated carbocycles. The smallest absolute Gasteiger partial charge is 0.306 e. The second-order valence-corrected chi connectivity index (χ2v) is 16.7. The number of esters is 3. The molecule has 0 aromatic heterocycles. The van der Waals surface area contributed by atoms with Gasteiger partial charge in [-0.1, -0.05) is 206 Å². The maximum absolute atomic E-state index is 12.7. The lowest BCUT2D eigenvalue weighted by atomic mass is 10.0. The Morgan fingerprint density at radius 3 is 0.965 bits per heavy atom. The van der Waals surface area contributed by atoms with Crippen LogP contribution in [0.15, 0.2) is 24.3 Å². The first-order valence-electron chi connectivity index (χ1n) is 24.8. The number of hydrogen-bond donors (Lipinski definition) is 0. The number of rotatable bonds is 45. The summed E-state index contributed by atoms with van der Waals surface area (Å²) in [5.41, 5.74) is 0. The Morgan fingerprint density at radius 2 is 0.596 bits per heavy atom. The molecule has 0 amide bonds. The predicted octanol–water partition coefficient (Wildman–Crippen LogP) is 16.0. The minimum absolute atomic E-state index is 0.0787. The highest BCUT2D eigenvalue weighted by Gasteiger charge is 2.19. The van der Waals surface area contributed by atoms with Crippen LogP contribution in [0.4, 0.5) is 0 Å². The zero-order valence-electron chi connectivity index (χ0n) is 38.1. The molecular formula is C51H94O6. The van der Waals surface area contributed by atoms with Gasteiger partial charge in [0.2, 0.25) is 0 Å². The minimum atomic E-state index is -0.777.